The summed E-state index contributed by atoms with van der Waals surface area (Å²) in [6, 6.07) is 3.98. The zero-order chi connectivity index (χ0) is 16.4. The second kappa shape index (κ2) is 6.17. The summed E-state index contributed by atoms with van der Waals surface area (Å²) in [6.45, 7) is 5.85. The summed E-state index contributed by atoms with van der Waals surface area (Å²) in [5, 5.41) is 3.97. The number of oxime groups is 1. The number of hydrogen-bond acceptors (Lipinski definition) is 6. The van der Waals surface area contributed by atoms with E-state index < -0.39 is 24.0 Å². The van der Waals surface area contributed by atoms with Crippen LogP contribution in [0.15, 0.2) is 17.3 Å². The molecule has 6 nitrogen and oxygen atoms in total. The predicted octanol–water partition coefficient (Wildman–Crippen LogP) is 1.68. The van der Waals surface area contributed by atoms with Crippen molar-refractivity contribution < 1.29 is 23.9 Å². The van der Waals surface area contributed by atoms with Crippen molar-refractivity contribution in [1.29, 1.82) is 0 Å². The van der Waals surface area contributed by atoms with Gasteiger partial charge in [0.25, 0.3) is 0 Å². The highest BCUT2D eigenvalue weighted by atomic mass is 16.7. The number of benzene rings is 1. The van der Waals surface area contributed by atoms with Crippen molar-refractivity contribution in [3.8, 4) is 0 Å². The Labute approximate surface area is 129 Å². The Hall–Kier alpha value is -2.37. The molecule has 1 heterocycles. The molecule has 22 heavy (non-hydrogen) atoms. The molecule has 1 aromatic carbocycles. The van der Waals surface area contributed by atoms with Gasteiger partial charge in [-0.2, -0.15) is 0 Å². The molecule has 0 fully saturated rings. The minimum atomic E-state index is -1.12. The van der Waals surface area contributed by atoms with Crippen molar-refractivity contribution in [2.24, 2.45) is 11.1 Å². The zero-order valence-electron chi connectivity index (χ0n) is 13.3. The Bertz CT molecular complexity index is 627. The molecular formula is C16H19NO5. The lowest BCUT2D eigenvalue weighted by Crippen LogP contribution is -2.38. The van der Waals surface area contributed by atoms with Crippen LogP contribution in [0, 0.1) is 26.7 Å². The molecule has 0 radical (unpaired) electrons. The van der Waals surface area contributed by atoms with E-state index in [9.17, 15) is 9.59 Å². The third kappa shape index (κ3) is 2.68. The van der Waals surface area contributed by atoms with Crippen molar-refractivity contribution in [3.63, 3.8) is 0 Å². The van der Waals surface area contributed by atoms with Crippen LogP contribution in [-0.2, 0) is 23.9 Å². The Morgan fingerprint density at radius 1 is 1.05 bits per heavy atom. The number of aryl methyl sites for hydroxylation is 3. The number of esters is 2. The molecule has 1 aliphatic heterocycles. The van der Waals surface area contributed by atoms with Crippen LogP contribution in [0.3, 0.4) is 0 Å². The molecule has 0 spiro atoms. The summed E-state index contributed by atoms with van der Waals surface area (Å²) >= 11 is 0. The highest BCUT2D eigenvalue weighted by Gasteiger charge is 2.47. The number of carbonyl (C=O) groups is 2. The molecule has 0 bridgehead atoms. The van der Waals surface area contributed by atoms with Gasteiger partial charge >= 0.3 is 11.9 Å². The van der Waals surface area contributed by atoms with E-state index in [4.69, 9.17) is 9.57 Å². The summed E-state index contributed by atoms with van der Waals surface area (Å²) in [6.07, 6.45) is -1.12. The number of ether oxygens (including phenoxy) is 2. The van der Waals surface area contributed by atoms with Crippen molar-refractivity contribution in [2.45, 2.75) is 26.9 Å². The van der Waals surface area contributed by atoms with Gasteiger partial charge in [0.2, 0.25) is 6.10 Å². The first-order valence-electron chi connectivity index (χ1n) is 6.88. The lowest BCUT2D eigenvalue weighted by Gasteiger charge is -2.17. The van der Waals surface area contributed by atoms with E-state index >= 15 is 0 Å². The summed E-state index contributed by atoms with van der Waals surface area (Å²) in [5.74, 6) is -2.17. The molecule has 0 N–H and O–H groups in total. The molecule has 0 unspecified atom stereocenters. The first kappa shape index (κ1) is 16.0. The average Bonchev–Trinajstić information content (AvgIpc) is 2.89. The predicted molar refractivity (Wildman–Crippen MR) is 79.6 cm³/mol. The van der Waals surface area contributed by atoms with Crippen LogP contribution in [-0.4, -0.2) is 38.0 Å². The lowest BCUT2D eigenvalue weighted by atomic mass is 9.87. The van der Waals surface area contributed by atoms with Gasteiger partial charge in [-0.15, -0.1) is 0 Å². The van der Waals surface area contributed by atoms with Crippen molar-refractivity contribution in [2.75, 3.05) is 14.2 Å². The van der Waals surface area contributed by atoms with Gasteiger partial charge in [-0.05, 0) is 31.9 Å². The van der Waals surface area contributed by atoms with Gasteiger partial charge in [0, 0.05) is 5.56 Å². The zero-order valence-corrected chi connectivity index (χ0v) is 13.3. The highest BCUT2D eigenvalue weighted by Crippen LogP contribution is 2.29. The minimum absolute atomic E-state index is 0.400. The van der Waals surface area contributed by atoms with E-state index in [1.54, 1.807) is 0 Å². The summed E-state index contributed by atoms with van der Waals surface area (Å²) in [4.78, 5) is 29.1. The molecule has 0 aliphatic carbocycles. The molecule has 0 amide bonds. The van der Waals surface area contributed by atoms with Crippen LogP contribution in [0.1, 0.15) is 22.3 Å². The number of nitrogens with zero attached hydrogens (tertiary/aromatic N) is 1. The van der Waals surface area contributed by atoms with Crippen LogP contribution in [0.4, 0.5) is 0 Å². The Balaban J connectivity index is 2.50. The van der Waals surface area contributed by atoms with Gasteiger partial charge in [0.1, 0.15) is 5.71 Å². The van der Waals surface area contributed by atoms with E-state index in [1.807, 2.05) is 32.9 Å². The van der Waals surface area contributed by atoms with Crippen LogP contribution in [0.2, 0.25) is 0 Å². The SMILES string of the molecule is COC(=O)[C@H]1C(c2c(C)cc(C)cc2C)=NO[C@@H]1C(=O)OC. The van der Waals surface area contributed by atoms with Crippen molar-refractivity contribution in [1.82, 2.24) is 0 Å². The highest BCUT2D eigenvalue weighted by molar-refractivity contribution is 6.16. The minimum Gasteiger partial charge on any atom is -0.468 e. The first-order valence-corrected chi connectivity index (χ1v) is 6.88. The maximum Gasteiger partial charge on any atom is 0.351 e. The fraction of sp³-hybridized carbons (Fsp3) is 0.438. The topological polar surface area (TPSA) is 74.2 Å². The molecule has 2 rings (SSSR count). The molecule has 0 saturated heterocycles. The molecule has 0 aromatic heterocycles. The van der Waals surface area contributed by atoms with Gasteiger partial charge < -0.3 is 14.3 Å². The van der Waals surface area contributed by atoms with Gasteiger partial charge in [0.05, 0.1) is 14.2 Å². The summed E-state index contributed by atoms with van der Waals surface area (Å²) < 4.78 is 9.48. The summed E-state index contributed by atoms with van der Waals surface area (Å²) in [7, 11) is 2.50. The van der Waals surface area contributed by atoms with Crippen molar-refractivity contribution >= 4 is 17.7 Å². The molecule has 118 valence electrons. The molecule has 1 aliphatic rings. The quantitative estimate of drug-likeness (QED) is 0.794. The summed E-state index contributed by atoms with van der Waals surface area (Å²) in [5.41, 5.74) is 4.22. The van der Waals surface area contributed by atoms with Crippen molar-refractivity contribution in [3.05, 3.63) is 34.4 Å². The molecular weight excluding hydrogens is 286 g/mol. The molecule has 1 aromatic rings. The number of methoxy groups -OCH3 is 2. The van der Waals surface area contributed by atoms with Gasteiger partial charge in [-0.3, -0.25) is 4.79 Å². The first-order chi connectivity index (χ1) is 10.4. The second-order valence-electron chi connectivity index (χ2n) is 5.30. The van der Waals surface area contributed by atoms with E-state index in [-0.39, 0.29) is 0 Å². The third-order valence-corrected chi connectivity index (χ3v) is 3.68. The van der Waals surface area contributed by atoms with E-state index in [0.29, 0.717) is 5.71 Å². The standard InChI is InChI=1S/C16H19NO5/c1-8-6-9(2)11(10(3)7-8)13-12(15(18)20-4)14(22-17-13)16(19)21-5/h6-7,12,14H,1-5H3/t12-,14-/m0/s1. The largest absolute Gasteiger partial charge is 0.468 e. The van der Waals surface area contributed by atoms with Crippen LogP contribution in [0.25, 0.3) is 0 Å². The van der Waals surface area contributed by atoms with Gasteiger partial charge in [-0.1, -0.05) is 22.9 Å². The van der Waals surface area contributed by atoms with E-state index in [0.717, 1.165) is 22.3 Å². The molecule has 0 saturated carbocycles. The maximum absolute atomic E-state index is 12.1. The van der Waals surface area contributed by atoms with E-state index in [2.05, 4.69) is 9.89 Å². The van der Waals surface area contributed by atoms with Crippen LogP contribution in [0.5, 0.6) is 0 Å². The fourth-order valence-corrected chi connectivity index (χ4v) is 2.82. The molecule has 2 atom stereocenters. The second-order valence-corrected chi connectivity index (χ2v) is 5.30. The van der Waals surface area contributed by atoms with Crippen LogP contribution < -0.4 is 0 Å². The monoisotopic (exact) mass is 305 g/mol. The number of rotatable bonds is 3. The van der Waals surface area contributed by atoms with Crippen LogP contribution >= 0.6 is 0 Å². The third-order valence-electron chi connectivity index (χ3n) is 3.68. The Morgan fingerprint density at radius 3 is 2.09 bits per heavy atom. The Kier molecular flexibility index (Phi) is 4.49. The maximum atomic E-state index is 12.1. The van der Waals surface area contributed by atoms with E-state index in [1.165, 1.54) is 14.2 Å². The van der Waals surface area contributed by atoms with Gasteiger partial charge in [0.15, 0.2) is 5.92 Å². The number of hydrogen-bond donors (Lipinski definition) is 0. The molecule has 6 heteroatoms. The normalized spacial score (nSPS) is 20.1. The smallest absolute Gasteiger partial charge is 0.351 e. The van der Waals surface area contributed by atoms with Gasteiger partial charge in [-0.25, -0.2) is 4.79 Å². The lowest BCUT2D eigenvalue weighted by molar-refractivity contribution is -0.161. The number of carbonyl (C=O) groups excluding carboxylic acids is 2. The Morgan fingerprint density at radius 2 is 1.59 bits per heavy atom. The average molecular weight is 305 g/mol. The fourth-order valence-electron chi connectivity index (χ4n) is 2.82.